The molecule has 0 aromatic carbocycles. The van der Waals surface area contributed by atoms with Crippen LogP contribution in [0.2, 0.25) is 0 Å². The predicted molar refractivity (Wildman–Crippen MR) is 89.9 cm³/mol. The molecular weight excluding hydrogens is 304 g/mol. The summed E-state index contributed by atoms with van der Waals surface area (Å²) in [6, 6.07) is 6.35. The van der Waals surface area contributed by atoms with E-state index < -0.39 is 0 Å². The van der Waals surface area contributed by atoms with E-state index in [4.69, 9.17) is 0 Å². The standard InChI is InChI=1S/C16H16N8/c1-22-9-11(10-22)19-16-18-8-14-12(4-6-23(14)21-16)13-2-3-15-17-5-7-24(15)20-13/h2-8,11H,9-10H2,1H3,(H,19,21). The van der Waals surface area contributed by atoms with Crippen LogP contribution in [0, 0.1) is 0 Å². The van der Waals surface area contributed by atoms with Crippen LogP contribution in [-0.4, -0.2) is 60.3 Å². The zero-order valence-corrected chi connectivity index (χ0v) is 13.2. The molecule has 24 heavy (non-hydrogen) atoms. The van der Waals surface area contributed by atoms with Gasteiger partial charge in [-0.05, 0) is 25.2 Å². The second-order valence-electron chi connectivity index (χ2n) is 6.15. The molecule has 8 nitrogen and oxygen atoms in total. The van der Waals surface area contributed by atoms with Gasteiger partial charge in [0.25, 0.3) is 0 Å². The summed E-state index contributed by atoms with van der Waals surface area (Å²) in [6.07, 6.45) is 7.35. The largest absolute Gasteiger partial charge is 0.348 e. The number of likely N-dealkylation sites (tertiary alicyclic amines) is 1. The van der Waals surface area contributed by atoms with E-state index in [1.54, 1.807) is 10.7 Å². The molecule has 4 aromatic heterocycles. The van der Waals surface area contributed by atoms with Crippen LogP contribution in [0.15, 0.2) is 43.0 Å². The van der Waals surface area contributed by atoms with E-state index in [2.05, 4.69) is 37.4 Å². The number of anilines is 1. The summed E-state index contributed by atoms with van der Waals surface area (Å²) in [5.74, 6) is 0.653. The molecule has 5 rings (SSSR count). The summed E-state index contributed by atoms with van der Waals surface area (Å²) in [6.45, 7) is 2.04. The predicted octanol–water partition coefficient (Wildman–Crippen LogP) is 1.16. The molecule has 8 heteroatoms. The fourth-order valence-electron chi connectivity index (χ4n) is 3.11. The Bertz CT molecular complexity index is 1030. The van der Waals surface area contributed by atoms with Crippen molar-refractivity contribution in [3.63, 3.8) is 0 Å². The average molecular weight is 320 g/mol. The van der Waals surface area contributed by atoms with Gasteiger partial charge in [0, 0.05) is 37.2 Å². The molecule has 0 saturated carbocycles. The van der Waals surface area contributed by atoms with Gasteiger partial charge >= 0.3 is 0 Å². The molecule has 1 fully saturated rings. The number of likely N-dealkylation sites (N-methyl/N-ethyl adjacent to an activating group) is 1. The minimum atomic E-state index is 0.424. The third kappa shape index (κ3) is 2.11. The van der Waals surface area contributed by atoms with Gasteiger partial charge in [0.1, 0.15) is 0 Å². The van der Waals surface area contributed by atoms with E-state index >= 15 is 0 Å². The normalized spacial score (nSPS) is 15.9. The van der Waals surface area contributed by atoms with Gasteiger partial charge in [0.15, 0.2) is 5.65 Å². The van der Waals surface area contributed by atoms with Gasteiger partial charge in [0.2, 0.25) is 5.95 Å². The van der Waals surface area contributed by atoms with E-state index in [-0.39, 0.29) is 0 Å². The topological polar surface area (TPSA) is 75.6 Å². The Morgan fingerprint density at radius 2 is 1.96 bits per heavy atom. The first-order valence-corrected chi connectivity index (χ1v) is 7.86. The van der Waals surface area contributed by atoms with Crippen molar-refractivity contribution in [1.82, 2.24) is 34.1 Å². The second kappa shape index (κ2) is 5.00. The van der Waals surface area contributed by atoms with Gasteiger partial charge in [-0.3, -0.25) is 0 Å². The van der Waals surface area contributed by atoms with Crippen LogP contribution in [-0.2, 0) is 0 Å². The maximum absolute atomic E-state index is 4.59. The van der Waals surface area contributed by atoms with E-state index in [9.17, 15) is 0 Å². The Morgan fingerprint density at radius 3 is 2.83 bits per heavy atom. The summed E-state index contributed by atoms with van der Waals surface area (Å²) in [5.41, 5.74) is 3.63. The van der Waals surface area contributed by atoms with E-state index in [1.807, 2.05) is 41.3 Å². The Hall–Kier alpha value is -3.00. The smallest absolute Gasteiger partial charge is 0.241 e. The minimum absolute atomic E-state index is 0.424. The molecule has 1 saturated heterocycles. The lowest BCUT2D eigenvalue weighted by atomic mass is 10.1. The maximum atomic E-state index is 4.59. The monoisotopic (exact) mass is 320 g/mol. The van der Waals surface area contributed by atoms with Gasteiger partial charge in [-0.2, -0.15) is 5.10 Å². The van der Waals surface area contributed by atoms with Crippen molar-refractivity contribution in [1.29, 1.82) is 0 Å². The molecule has 1 aliphatic rings. The van der Waals surface area contributed by atoms with Gasteiger partial charge in [-0.15, -0.1) is 5.10 Å². The summed E-state index contributed by atoms with van der Waals surface area (Å²) in [7, 11) is 2.10. The number of nitrogens with one attached hydrogen (secondary N) is 1. The highest BCUT2D eigenvalue weighted by Gasteiger charge is 2.23. The lowest BCUT2D eigenvalue weighted by Crippen LogP contribution is -2.52. The van der Waals surface area contributed by atoms with Gasteiger partial charge in [0.05, 0.1) is 23.4 Å². The summed E-state index contributed by atoms with van der Waals surface area (Å²) < 4.78 is 3.61. The van der Waals surface area contributed by atoms with Crippen molar-refractivity contribution in [2.24, 2.45) is 0 Å². The first-order chi connectivity index (χ1) is 11.8. The van der Waals surface area contributed by atoms with E-state index in [1.165, 1.54) is 0 Å². The SMILES string of the molecule is CN1CC(Nc2ncc3c(-c4ccc5nccn5n4)ccn3n2)C1. The molecule has 120 valence electrons. The quantitative estimate of drug-likeness (QED) is 0.611. The van der Waals surface area contributed by atoms with Gasteiger partial charge in [-0.25, -0.2) is 19.0 Å². The van der Waals surface area contributed by atoms with Crippen molar-refractivity contribution < 1.29 is 0 Å². The number of rotatable bonds is 3. The van der Waals surface area contributed by atoms with Crippen molar-refractivity contribution in [3.05, 3.63) is 43.0 Å². The molecule has 0 aliphatic carbocycles. The number of nitrogens with zero attached hydrogens (tertiary/aromatic N) is 7. The fourth-order valence-corrected chi connectivity index (χ4v) is 3.11. The molecule has 0 atom stereocenters. The van der Waals surface area contributed by atoms with Crippen molar-refractivity contribution >= 4 is 17.1 Å². The molecular formula is C16H16N8. The number of imidazole rings is 1. The maximum Gasteiger partial charge on any atom is 0.241 e. The fraction of sp³-hybridized carbons (Fsp3) is 0.250. The molecule has 0 spiro atoms. The molecule has 0 unspecified atom stereocenters. The number of hydrogen-bond acceptors (Lipinski definition) is 6. The lowest BCUT2D eigenvalue weighted by molar-refractivity contribution is 0.204. The molecule has 5 heterocycles. The molecule has 0 amide bonds. The van der Waals surface area contributed by atoms with Crippen LogP contribution in [0.5, 0.6) is 0 Å². The molecule has 4 aromatic rings. The zero-order chi connectivity index (χ0) is 16.1. The number of aromatic nitrogens is 6. The average Bonchev–Trinajstić information content (AvgIpc) is 3.18. The minimum Gasteiger partial charge on any atom is -0.348 e. The first kappa shape index (κ1) is 13.4. The highest BCUT2D eigenvalue weighted by Crippen LogP contribution is 2.23. The third-order valence-electron chi connectivity index (χ3n) is 4.35. The Balaban J connectivity index is 1.50. The number of hydrogen-bond donors (Lipinski definition) is 1. The van der Waals surface area contributed by atoms with E-state index in [0.717, 1.165) is 35.5 Å². The van der Waals surface area contributed by atoms with Crippen molar-refractivity contribution in [2.75, 3.05) is 25.5 Å². The Kier molecular flexibility index (Phi) is 2.80. The molecule has 0 radical (unpaired) electrons. The van der Waals surface area contributed by atoms with Crippen LogP contribution in [0.1, 0.15) is 0 Å². The van der Waals surface area contributed by atoms with Crippen molar-refractivity contribution in [2.45, 2.75) is 6.04 Å². The van der Waals surface area contributed by atoms with Crippen LogP contribution in [0.3, 0.4) is 0 Å². The third-order valence-corrected chi connectivity index (χ3v) is 4.35. The van der Waals surface area contributed by atoms with Crippen LogP contribution < -0.4 is 5.32 Å². The Labute approximate surface area is 137 Å². The van der Waals surface area contributed by atoms with Crippen LogP contribution >= 0.6 is 0 Å². The molecule has 1 N–H and O–H groups in total. The van der Waals surface area contributed by atoms with Crippen molar-refractivity contribution in [3.8, 4) is 11.3 Å². The zero-order valence-electron chi connectivity index (χ0n) is 13.2. The summed E-state index contributed by atoms with van der Waals surface area (Å²) in [5, 5.41) is 12.5. The second-order valence-corrected chi connectivity index (χ2v) is 6.15. The number of fused-ring (bicyclic) bond motifs is 2. The summed E-state index contributed by atoms with van der Waals surface area (Å²) >= 11 is 0. The molecule has 0 bridgehead atoms. The summed E-state index contributed by atoms with van der Waals surface area (Å²) in [4.78, 5) is 10.9. The van der Waals surface area contributed by atoms with Crippen LogP contribution in [0.4, 0.5) is 5.95 Å². The van der Waals surface area contributed by atoms with Gasteiger partial charge < -0.3 is 10.2 Å². The van der Waals surface area contributed by atoms with Gasteiger partial charge in [-0.1, -0.05) is 0 Å². The molecule has 1 aliphatic heterocycles. The Morgan fingerprint density at radius 1 is 1.04 bits per heavy atom. The van der Waals surface area contributed by atoms with Crippen LogP contribution in [0.25, 0.3) is 22.4 Å². The van der Waals surface area contributed by atoms with E-state index in [0.29, 0.717) is 12.0 Å². The first-order valence-electron chi connectivity index (χ1n) is 7.86. The lowest BCUT2D eigenvalue weighted by Gasteiger charge is -2.36. The highest BCUT2D eigenvalue weighted by atomic mass is 15.3. The highest BCUT2D eigenvalue weighted by molar-refractivity contribution is 5.78.